The molecule has 0 unspecified atom stereocenters. The van der Waals surface area contributed by atoms with Gasteiger partial charge >= 0.3 is 5.69 Å². The van der Waals surface area contributed by atoms with E-state index in [9.17, 15) is 9.59 Å². The summed E-state index contributed by atoms with van der Waals surface area (Å²) >= 11 is 4.01. The van der Waals surface area contributed by atoms with Crippen LogP contribution in [0.15, 0.2) is 4.79 Å². The van der Waals surface area contributed by atoms with Crippen LogP contribution in [0.4, 0.5) is 0 Å². The van der Waals surface area contributed by atoms with Gasteiger partial charge in [-0.25, -0.2) is 4.79 Å². The van der Waals surface area contributed by atoms with E-state index in [0.29, 0.717) is 30.8 Å². The normalized spacial score (nSPS) is 10.3. The summed E-state index contributed by atoms with van der Waals surface area (Å²) in [6.45, 7) is 4.17. The van der Waals surface area contributed by atoms with E-state index in [-0.39, 0.29) is 11.6 Å². The van der Waals surface area contributed by atoms with Crippen LogP contribution >= 0.6 is 12.6 Å². The van der Waals surface area contributed by atoms with Gasteiger partial charge in [0, 0.05) is 30.1 Å². The summed E-state index contributed by atoms with van der Waals surface area (Å²) in [6, 6.07) is 0. The van der Waals surface area contributed by atoms with Crippen LogP contribution in [0.3, 0.4) is 0 Å². The molecule has 1 amide bonds. The van der Waals surface area contributed by atoms with Crippen molar-refractivity contribution in [1.29, 1.82) is 0 Å². The summed E-state index contributed by atoms with van der Waals surface area (Å²) in [6.07, 6.45) is 0.975. The Hall–Kier alpha value is -1.30. The molecule has 0 aliphatic carbocycles. The van der Waals surface area contributed by atoms with Crippen molar-refractivity contribution in [2.24, 2.45) is 0 Å². The number of carbonyl (C=O) groups excluding carboxylic acids is 1. The average molecular weight is 255 g/mol. The molecule has 0 aliphatic rings. The third-order valence-electron chi connectivity index (χ3n) is 2.49. The number of hydrogen-bond acceptors (Lipinski definition) is 4. The van der Waals surface area contributed by atoms with E-state index in [2.05, 4.69) is 27.9 Å². The molecule has 1 aromatic rings. The van der Waals surface area contributed by atoms with Crippen molar-refractivity contribution in [3.8, 4) is 0 Å². The zero-order chi connectivity index (χ0) is 12.8. The van der Waals surface area contributed by atoms with Crippen molar-refractivity contribution in [3.63, 3.8) is 0 Å². The summed E-state index contributed by atoms with van der Waals surface area (Å²) in [5.74, 6) is 0.619. The molecule has 0 atom stereocenters. The quantitative estimate of drug-likeness (QED) is 0.665. The second kappa shape index (κ2) is 6.44. The van der Waals surface area contributed by atoms with E-state index in [4.69, 9.17) is 0 Å². The molecule has 0 aromatic carbocycles. The minimum atomic E-state index is -0.344. The summed E-state index contributed by atoms with van der Waals surface area (Å²) in [7, 11) is 0. The fourth-order valence-corrected chi connectivity index (χ4v) is 1.76. The van der Waals surface area contributed by atoms with Gasteiger partial charge in [0.15, 0.2) is 0 Å². The maximum atomic E-state index is 11.4. The molecule has 5 nitrogen and oxygen atoms in total. The van der Waals surface area contributed by atoms with E-state index in [0.717, 1.165) is 11.3 Å². The zero-order valence-electron chi connectivity index (χ0n) is 10.0. The molecule has 17 heavy (non-hydrogen) atoms. The number of thiol groups is 1. The van der Waals surface area contributed by atoms with Crippen LogP contribution in [0.1, 0.15) is 23.4 Å². The largest absolute Gasteiger partial charge is 0.355 e. The Labute approximate surface area is 105 Å². The average Bonchev–Trinajstić information content (AvgIpc) is 2.24. The van der Waals surface area contributed by atoms with Gasteiger partial charge in [-0.3, -0.25) is 4.79 Å². The number of nitrogens with zero attached hydrogens (tertiary/aromatic N) is 1. The van der Waals surface area contributed by atoms with E-state index in [1.54, 1.807) is 6.92 Å². The molecular weight excluding hydrogens is 238 g/mol. The highest BCUT2D eigenvalue weighted by atomic mass is 32.1. The third kappa shape index (κ3) is 4.22. The molecule has 0 spiro atoms. The summed E-state index contributed by atoms with van der Waals surface area (Å²) < 4.78 is 0. The monoisotopic (exact) mass is 255 g/mol. The van der Waals surface area contributed by atoms with Gasteiger partial charge in [0.25, 0.3) is 0 Å². The van der Waals surface area contributed by atoms with Crippen molar-refractivity contribution in [2.45, 2.75) is 26.7 Å². The molecule has 94 valence electrons. The fourth-order valence-electron chi connectivity index (χ4n) is 1.65. The minimum absolute atomic E-state index is 0.0101. The van der Waals surface area contributed by atoms with Crippen LogP contribution in [-0.2, 0) is 11.2 Å². The Balaban J connectivity index is 2.63. The molecule has 0 bridgehead atoms. The molecule has 0 saturated carbocycles. The van der Waals surface area contributed by atoms with Gasteiger partial charge in [-0.2, -0.15) is 17.6 Å². The van der Waals surface area contributed by atoms with Crippen LogP contribution in [0.2, 0.25) is 0 Å². The smallest absolute Gasteiger partial charge is 0.345 e. The number of nitrogens with one attached hydrogen (secondary N) is 2. The second-order valence-corrected chi connectivity index (χ2v) is 4.25. The maximum Gasteiger partial charge on any atom is 0.345 e. The van der Waals surface area contributed by atoms with Gasteiger partial charge in [0.1, 0.15) is 0 Å². The zero-order valence-corrected chi connectivity index (χ0v) is 10.9. The minimum Gasteiger partial charge on any atom is -0.355 e. The number of aromatic amines is 1. The lowest BCUT2D eigenvalue weighted by atomic mass is 10.1. The van der Waals surface area contributed by atoms with E-state index in [1.165, 1.54) is 0 Å². The van der Waals surface area contributed by atoms with E-state index >= 15 is 0 Å². The molecule has 1 rings (SSSR count). The lowest BCUT2D eigenvalue weighted by Crippen LogP contribution is -2.26. The first-order chi connectivity index (χ1) is 8.04. The van der Waals surface area contributed by atoms with Crippen LogP contribution in [0, 0.1) is 13.8 Å². The lowest BCUT2D eigenvalue weighted by Gasteiger charge is -2.08. The van der Waals surface area contributed by atoms with E-state index in [1.807, 2.05) is 6.92 Å². The Morgan fingerprint density at radius 2 is 2.18 bits per heavy atom. The first-order valence-corrected chi connectivity index (χ1v) is 6.11. The number of H-pyrrole nitrogens is 1. The van der Waals surface area contributed by atoms with Crippen molar-refractivity contribution in [2.75, 3.05) is 12.3 Å². The molecule has 0 aliphatic heterocycles. The molecular formula is C11H17N3O2S. The summed E-state index contributed by atoms with van der Waals surface area (Å²) in [4.78, 5) is 29.0. The highest BCUT2D eigenvalue weighted by Gasteiger charge is 2.08. The molecule has 6 heteroatoms. The van der Waals surface area contributed by atoms with Gasteiger partial charge in [0.05, 0.1) is 0 Å². The lowest BCUT2D eigenvalue weighted by molar-refractivity contribution is -0.120. The molecule has 0 saturated heterocycles. The van der Waals surface area contributed by atoms with Crippen molar-refractivity contribution in [3.05, 3.63) is 27.4 Å². The standard InChI is InChI=1S/C11H17N3O2S/c1-7-9(8(2)14-11(16)13-7)3-4-10(15)12-5-6-17/h17H,3-6H2,1-2H3,(H,12,15)(H,13,14,16). The Kier molecular flexibility index (Phi) is 5.21. The van der Waals surface area contributed by atoms with Gasteiger partial charge < -0.3 is 10.3 Å². The Morgan fingerprint density at radius 3 is 2.76 bits per heavy atom. The predicted octanol–water partition coefficient (Wildman–Crippen LogP) is 0.365. The SMILES string of the molecule is Cc1nc(=O)[nH]c(C)c1CCC(=O)NCCS. The Bertz CT molecular complexity index is 430. The fraction of sp³-hybridized carbons (Fsp3) is 0.545. The first-order valence-electron chi connectivity index (χ1n) is 5.48. The predicted molar refractivity (Wildman–Crippen MR) is 69.5 cm³/mol. The van der Waals surface area contributed by atoms with Gasteiger partial charge in [-0.15, -0.1) is 0 Å². The number of aromatic nitrogens is 2. The van der Waals surface area contributed by atoms with Crippen LogP contribution in [0.5, 0.6) is 0 Å². The van der Waals surface area contributed by atoms with Crippen molar-refractivity contribution in [1.82, 2.24) is 15.3 Å². The summed E-state index contributed by atoms with van der Waals surface area (Å²) in [5.41, 5.74) is 2.06. The van der Waals surface area contributed by atoms with Gasteiger partial charge in [-0.1, -0.05) is 0 Å². The van der Waals surface area contributed by atoms with Gasteiger partial charge in [0.2, 0.25) is 5.91 Å². The number of carbonyl (C=O) groups is 1. The topological polar surface area (TPSA) is 74.8 Å². The number of amides is 1. The Morgan fingerprint density at radius 1 is 1.47 bits per heavy atom. The number of aryl methyl sites for hydroxylation is 2. The molecule has 2 N–H and O–H groups in total. The molecule has 0 fully saturated rings. The highest BCUT2D eigenvalue weighted by Crippen LogP contribution is 2.09. The summed E-state index contributed by atoms with van der Waals surface area (Å²) in [5, 5.41) is 2.75. The molecule has 1 heterocycles. The van der Waals surface area contributed by atoms with Crippen molar-refractivity contribution < 1.29 is 4.79 Å². The third-order valence-corrected chi connectivity index (χ3v) is 2.71. The molecule has 0 radical (unpaired) electrons. The van der Waals surface area contributed by atoms with Crippen LogP contribution < -0.4 is 11.0 Å². The number of hydrogen-bond donors (Lipinski definition) is 3. The van der Waals surface area contributed by atoms with Crippen LogP contribution in [-0.4, -0.2) is 28.2 Å². The van der Waals surface area contributed by atoms with Gasteiger partial charge in [-0.05, 0) is 25.8 Å². The van der Waals surface area contributed by atoms with Crippen molar-refractivity contribution >= 4 is 18.5 Å². The molecule has 1 aromatic heterocycles. The van der Waals surface area contributed by atoms with E-state index < -0.39 is 0 Å². The van der Waals surface area contributed by atoms with Crippen LogP contribution in [0.25, 0.3) is 0 Å². The number of rotatable bonds is 5. The first kappa shape index (κ1) is 13.8. The maximum absolute atomic E-state index is 11.4. The second-order valence-electron chi connectivity index (χ2n) is 3.80. The highest BCUT2D eigenvalue weighted by molar-refractivity contribution is 7.80.